The van der Waals surface area contributed by atoms with Crippen LogP contribution in [-0.2, 0) is 10.8 Å². The van der Waals surface area contributed by atoms with Gasteiger partial charge >= 0.3 is 0 Å². The summed E-state index contributed by atoms with van der Waals surface area (Å²) in [5.41, 5.74) is 13.0. The summed E-state index contributed by atoms with van der Waals surface area (Å²) in [7, 11) is 0. The largest absolute Gasteiger partial charge is 0.309 e. The molecule has 0 bridgehead atoms. The number of thiophene rings is 1. The SMILES string of the molecule is CC1(C)c2cc3c4cc(-c5ccc6c(c5)c5ccccc5n6-c5cccc6c5sc5ccccc56)ccc4n(-c4ccccc4)c3cc2C(C)(C)C1(C)C. The molecule has 0 amide bonds. The van der Waals surface area contributed by atoms with Crippen molar-refractivity contribution in [2.75, 3.05) is 0 Å². The molecule has 0 N–H and O–H groups in total. The molecule has 0 fully saturated rings. The Morgan fingerprint density at radius 2 is 0.963 bits per heavy atom. The summed E-state index contributed by atoms with van der Waals surface area (Å²) >= 11 is 1.89. The highest BCUT2D eigenvalue weighted by Gasteiger charge is 2.57. The fourth-order valence-electron chi connectivity index (χ4n) is 9.91. The normalized spacial score (nSPS) is 16.0. The molecule has 0 saturated heterocycles. The van der Waals surface area contributed by atoms with E-state index in [1.54, 1.807) is 0 Å². The van der Waals surface area contributed by atoms with Gasteiger partial charge in [0, 0.05) is 42.7 Å². The summed E-state index contributed by atoms with van der Waals surface area (Å²) in [6.45, 7) is 14.7. The zero-order valence-corrected chi connectivity index (χ0v) is 32.5. The molecule has 0 unspecified atom stereocenters. The Kier molecular flexibility index (Phi) is 6.33. The second kappa shape index (κ2) is 10.7. The van der Waals surface area contributed by atoms with Crippen LogP contribution in [0.5, 0.6) is 0 Å². The minimum Gasteiger partial charge on any atom is -0.309 e. The molecule has 10 aromatic rings. The number of benzene rings is 7. The van der Waals surface area contributed by atoms with E-state index in [0.29, 0.717) is 0 Å². The van der Waals surface area contributed by atoms with Crippen molar-refractivity contribution in [3.8, 4) is 22.5 Å². The van der Waals surface area contributed by atoms with E-state index >= 15 is 0 Å². The first-order valence-electron chi connectivity index (χ1n) is 19.2. The van der Waals surface area contributed by atoms with Gasteiger partial charge in [-0.3, -0.25) is 0 Å². The molecule has 1 aliphatic carbocycles. The monoisotopic (exact) mass is 714 g/mol. The molecule has 3 aromatic heterocycles. The van der Waals surface area contributed by atoms with Crippen molar-refractivity contribution in [3.63, 3.8) is 0 Å². The van der Waals surface area contributed by atoms with Crippen LogP contribution in [0, 0.1) is 5.41 Å². The van der Waals surface area contributed by atoms with Crippen molar-refractivity contribution in [1.82, 2.24) is 9.13 Å². The van der Waals surface area contributed by atoms with Gasteiger partial charge in [-0.2, -0.15) is 0 Å². The van der Waals surface area contributed by atoms with E-state index in [9.17, 15) is 0 Å². The number of hydrogen-bond donors (Lipinski definition) is 0. The molecule has 54 heavy (non-hydrogen) atoms. The van der Waals surface area contributed by atoms with Crippen LogP contribution in [0.4, 0.5) is 0 Å². The van der Waals surface area contributed by atoms with Gasteiger partial charge in [0.15, 0.2) is 0 Å². The molecular formula is C51H42N2S. The van der Waals surface area contributed by atoms with E-state index in [4.69, 9.17) is 0 Å². The van der Waals surface area contributed by atoms with Gasteiger partial charge in [0.05, 0.1) is 32.5 Å². The van der Waals surface area contributed by atoms with Crippen molar-refractivity contribution in [2.24, 2.45) is 5.41 Å². The number of fused-ring (bicyclic) bond motifs is 10. The Hall–Kier alpha value is -5.64. The third-order valence-corrected chi connectivity index (χ3v) is 15.2. The highest BCUT2D eigenvalue weighted by Crippen LogP contribution is 2.62. The number of nitrogens with zero attached hydrogens (tertiary/aromatic N) is 2. The van der Waals surface area contributed by atoms with Gasteiger partial charge in [-0.15, -0.1) is 11.3 Å². The van der Waals surface area contributed by atoms with Crippen LogP contribution >= 0.6 is 11.3 Å². The van der Waals surface area contributed by atoms with E-state index in [2.05, 4.69) is 196 Å². The van der Waals surface area contributed by atoms with E-state index < -0.39 is 0 Å². The van der Waals surface area contributed by atoms with Gasteiger partial charge in [-0.1, -0.05) is 120 Å². The lowest BCUT2D eigenvalue weighted by molar-refractivity contribution is 0.125. The predicted molar refractivity (Wildman–Crippen MR) is 233 cm³/mol. The lowest BCUT2D eigenvalue weighted by Crippen LogP contribution is -2.42. The summed E-state index contributed by atoms with van der Waals surface area (Å²) < 4.78 is 7.61. The van der Waals surface area contributed by atoms with Gasteiger partial charge in [-0.05, 0) is 105 Å². The molecule has 3 heterocycles. The van der Waals surface area contributed by atoms with Crippen molar-refractivity contribution in [2.45, 2.75) is 52.4 Å². The standard InChI is InChI=1S/C51H42N2S/c1-49(2)40-29-39-38-28-32(23-25-43(38)52(33-15-8-7-9-16-33)46(39)30-41(40)50(3,4)51(49,5)6)31-24-26-44-37(27-31)34-17-10-12-20-42(34)53(44)45-21-14-19-36-35-18-11-13-22-47(35)54-48(36)45/h7-30H,1-6H3. The Labute approximate surface area is 319 Å². The fraction of sp³-hybridized carbons (Fsp3) is 0.176. The molecule has 0 spiro atoms. The van der Waals surface area contributed by atoms with Crippen LogP contribution in [0.1, 0.15) is 52.7 Å². The van der Waals surface area contributed by atoms with E-state index in [1.165, 1.54) is 97.4 Å². The molecule has 1 aliphatic rings. The molecule has 3 heteroatoms. The number of rotatable bonds is 3. The third-order valence-electron chi connectivity index (χ3n) is 14.0. The van der Waals surface area contributed by atoms with Gasteiger partial charge in [-0.25, -0.2) is 0 Å². The molecule has 0 saturated carbocycles. The van der Waals surface area contributed by atoms with Gasteiger partial charge in [0.2, 0.25) is 0 Å². The highest BCUT2D eigenvalue weighted by atomic mass is 32.1. The third kappa shape index (κ3) is 4.00. The van der Waals surface area contributed by atoms with E-state index in [0.717, 1.165) is 0 Å². The quantitative estimate of drug-likeness (QED) is 0.172. The van der Waals surface area contributed by atoms with Crippen LogP contribution in [0.3, 0.4) is 0 Å². The van der Waals surface area contributed by atoms with Crippen molar-refractivity contribution in [3.05, 3.63) is 157 Å². The first-order chi connectivity index (χ1) is 26.1. The highest BCUT2D eigenvalue weighted by molar-refractivity contribution is 7.26. The molecular weight excluding hydrogens is 673 g/mol. The van der Waals surface area contributed by atoms with Gasteiger partial charge in [0.1, 0.15) is 0 Å². The minimum atomic E-state index is 0.0260. The maximum atomic E-state index is 2.54. The smallest absolute Gasteiger partial charge is 0.0640 e. The van der Waals surface area contributed by atoms with Gasteiger partial charge < -0.3 is 9.13 Å². The van der Waals surface area contributed by atoms with Crippen LogP contribution in [0.15, 0.2) is 146 Å². The maximum Gasteiger partial charge on any atom is 0.0640 e. The van der Waals surface area contributed by atoms with Crippen LogP contribution < -0.4 is 0 Å². The lowest BCUT2D eigenvalue weighted by Gasteiger charge is -2.44. The number of para-hydroxylation sites is 2. The van der Waals surface area contributed by atoms with Crippen molar-refractivity contribution < 1.29 is 0 Å². The summed E-state index contributed by atoms with van der Waals surface area (Å²) in [4.78, 5) is 0. The Morgan fingerprint density at radius 1 is 0.407 bits per heavy atom. The summed E-state index contributed by atoms with van der Waals surface area (Å²) in [6.07, 6.45) is 0. The first-order valence-corrected chi connectivity index (χ1v) is 20.0. The van der Waals surface area contributed by atoms with Crippen molar-refractivity contribution >= 4 is 75.1 Å². The zero-order valence-electron chi connectivity index (χ0n) is 31.7. The molecule has 0 radical (unpaired) electrons. The molecule has 262 valence electrons. The molecule has 7 aromatic carbocycles. The van der Waals surface area contributed by atoms with Crippen LogP contribution in [0.25, 0.3) is 86.3 Å². The molecule has 2 nitrogen and oxygen atoms in total. The second-order valence-electron chi connectivity index (χ2n) is 17.0. The van der Waals surface area contributed by atoms with E-state index in [-0.39, 0.29) is 16.2 Å². The predicted octanol–water partition coefficient (Wildman–Crippen LogP) is 14.5. The second-order valence-corrected chi connectivity index (χ2v) is 18.1. The number of aromatic nitrogens is 2. The molecule has 0 atom stereocenters. The maximum absolute atomic E-state index is 2.54. The van der Waals surface area contributed by atoms with Crippen molar-refractivity contribution in [1.29, 1.82) is 0 Å². The van der Waals surface area contributed by atoms with Crippen LogP contribution in [-0.4, -0.2) is 9.13 Å². The molecule has 11 rings (SSSR count). The minimum absolute atomic E-state index is 0.0260. The number of hydrogen-bond acceptors (Lipinski definition) is 1. The topological polar surface area (TPSA) is 9.86 Å². The zero-order chi connectivity index (χ0) is 36.7. The van der Waals surface area contributed by atoms with Crippen LogP contribution in [0.2, 0.25) is 0 Å². The Morgan fingerprint density at radius 3 is 1.70 bits per heavy atom. The summed E-state index contributed by atoms with van der Waals surface area (Å²) in [5, 5.41) is 7.82. The summed E-state index contributed by atoms with van der Waals surface area (Å²) in [6, 6.07) is 54.6. The first kappa shape index (κ1) is 31.8. The van der Waals surface area contributed by atoms with Gasteiger partial charge in [0.25, 0.3) is 0 Å². The Balaban J connectivity index is 1.15. The van der Waals surface area contributed by atoms with E-state index in [1.807, 2.05) is 11.3 Å². The summed E-state index contributed by atoms with van der Waals surface area (Å²) in [5.74, 6) is 0. The molecule has 0 aliphatic heterocycles. The Bertz CT molecular complexity index is 3180. The average Bonchev–Trinajstić information content (AvgIpc) is 3.86. The average molecular weight is 715 g/mol. The lowest BCUT2D eigenvalue weighted by atomic mass is 9.59. The fourth-order valence-corrected chi connectivity index (χ4v) is 11.1.